The summed E-state index contributed by atoms with van der Waals surface area (Å²) in [7, 11) is 0. The van der Waals surface area contributed by atoms with Crippen molar-refractivity contribution in [2.75, 3.05) is 12.0 Å². The van der Waals surface area contributed by atoms with Crippen LogP contribution in [0.1, 0.15) is 28.9 Å². The van der Waals surface area contributed by atoms with Gasteiger partial charge in [0.2, 0.25) is 0 Å². The van der Waals surface area contributed by atoms with E-state index in [4.69, 9.17) is 5.73 Å². The summed E-state index contributed by atoms with van der Waals surface area (Å²) in [4.78, 5) is 13.3. The highest BCUT2D eigenvalue weighted by Crippen LogP contribution is 2.17. The third-order valence-corrected chi connectivity index (χ3v) is 3.85. The second kappa shape index (κ2) is 6.48. The summed E-state index contributed by atoms with van der Waals surface area (Å²) in [6, 6.07) is 15.1. The van der Waals surface area contributed by atoms with Crippen LogP contribution >= 0.6 is 11.8 Å². The lowest BCUT2D eigenvalue weighted by Crippen LogP contribution is -2.26. The number of amides is 1. The highest BCUT2D eigenvalue weighted by atomic mass is 32.2. The first-order valence-corrected chi connectivity index (χ1v) is 7.63. The lowest BCUT2D eigenvalue weighted by molar-refractivity contribution is 0.0940. The first kappa shape index (κ1) is 14.5. The number of carbonyl (C=O) groups excluding carboxylic acids is 1. The van der Waals surface area contributed by atoms with Crippen LogP contribution in [0.5, 0.6) is 0 Å². The molecule has 1 atom stereocenters. The lowest BCUT2D eigenvalue weighted by atomic mass is 10.1. The quantitative estimate of drug-likeness (QED) is 0.668. The first-order chi connectivity index (χ1) is 9.60. The second-order valence-electron chi connectivity index (χ2n) is 4.59. The van der Waals surface area contributed by atoms with Crippen molar-refractivity contribution in [1.82, 2.24) is 5.32 Å². The van der Waals surface area contributed by atoms with Crippen molar-refractivity contribution in [2.24, 2.45) is 0 Å². The lowest BCUT2D eigenvalue weighted by Gasteiger charge is -2.15. The van der Waals surface area contributed by atoms with Crippen molar-refractivity contribution in [3.8, 4) is 0 Å². The zero-order chi connectivity index (χ0) is 14.5. The molecule has 2 rings (SSSR count). The Morgan fingerprint density at radius 3 is 2.50 bits per heavy atom. The molecule has 0 radical (unpaired) electrons. The molecule has 0 bridgehead atoms. The van der Waals surface area contributed by atoms with Crippen LogP contribution in [0, 0.1) is 0 Å². The summed E-state index contributed by atoms with van der Waals surface area (Å²) in [5.74, 6) is -0.0763. The number of anilines is 1. The van der Waals surface area contributed by atoms with E-state index >= 15 is 0 Å². The number of hydrogen-bond acceptors (Lipinski definition) is 3. The van der Waals surface area contributed by atoms with Gasteiger partial charge in [-0.3, -0.25) is 4.79 Å². The fourth-order valence-corrected chi connectivity index (χ4v) is 2.34. The third-order valence-electron chi connectivity index (χ3n) is 3.11. The van der Waals surface area contributed by atoms with Crippen molar-refractivity contribution >= 4 is 23.4 Å². The number of nitrogens with one attached hydrogen (secondary N) is 1. The molecule has 3 N–H and O–H groups in total. The molecule has 0 fully saturated rings. The molecule has 0 saturated heterocycles. The van der Waals surface area contributed by atoms with E-state index in [-0.39, 0.29) is 11.9 Å². The van der Waals surface area contributed by atoms with Crippen molar-refractivity contribution < 1.29 is 4.79 Å². The molecule has 2 aromatic carbocycles. The molecule has 0 aliphatic heterocycles. The molecule has 4 heteroatoms. The van der Waals surface area contributed by atoms with E-state index in [0.717, 1.165) is 10.5 Å². The average molecular weight is 286 g/mol. The fourth-order valence-electron chi connectivity index (χ4n) is 1.93. The molecular weight excluding hydrogens is 268 g/mol. The van der Waals surface area contributed by atoms with Crippen molar-refractivity contribution in [3.63, 3.8) is 0 Å². The molecule has 20 heavy (non-hydrogen) atoms. The van der Waals surface area contributed by atoms with Gasteiger partial charge in [-0.1, -0.05) is 12.1 Å². The fraction of sp³-hybridized carbons (Fsp3) is 0.188. The third kappa shape index (κ3) is 3.54. The summed E-state index contributed by atoms with van der Waals surface area (Å²) in [5.41, 5.74) is 8.12. The van der Waals surface area contributed by atoms with Crippen LogP contribution in [0.4, 0.5) is 5.69 Å². The highest BCUT2D eigenvalue weighted by molar-refractivity contribution is 7.98. The molecule has 0 aliphatic carbocycles. The van der Waals surface area contributed by atoms with Crippen LogP contribution in [-0.4, -0.2) is 12.2 Å². The minimum absolute atomic E-state index is 0.0763. The number of carbonyl (C=O) groups is 1. The van der Waals surface area contributed by atoms with Crippen molar-refractivity contribution in [3.05, 3.63) is 59.7 Å². The molecule has 0 saturated carbocycles. The van der Waals surface area contributed by atoms with Crippen LogP contribution < -0.4 is 11.1 Å². The van der Waals surface area contributed by atoms with E-state index in [9.17, 15) is 4.79 Å². The summed E-state index contributed by atoms with van der Waals surface area (Å²) < 4.78 is 0. The number of nitrogen functional groups attached to an aromatic ring is 1. The van der Waals surface area contributed by atoms with E-state index in [1.165, 1.54) is 0 Å². The van der Waals surface area contributed by atoms with E-state index in [2.05, 4.69) is 5.32 Å². The second-order valence-corrected chi connectivity index (χ2v) is 5.47. The van der Waals surface area contributed by atoms with Gasteiger partial charge in [-0.2, -0.15) is 0 Å². The van der Waals surface area contributed by atoms with Crippen LogP contribution in [0.25, 0.3) is 0 Å². The minimum atomic E-state index is -0.0776. The molecular formula is C16H18N2OS. The maximum absolute atomic E-state index is 12.2. The van der Waals surface area contributed by atoms with Gasteiger partial charge in [0, 0.05) is 16.1 Å². The standard InChI is InChI=1S/C16H18N2OS/c1-11(13-4-3-5-14(17)10-13)18-16(19)12-6-8-15(20-2)9-7-12/h3-11H,17H2,1-2H3,(H,18,19). The Hall–Kier alpha value is -1.94. The van der Waals surface area contributed by atoms with Gasteiger partial charge in [0.25, 0.3) is 5.91 Å². The molecule has 1 amide bonds. The summed E-state index contributed by atoms with van der Waals surface area (Å²) >= 11 is 1.66. The summed E-state index contributed by atoms with van der Waals surface area (Å²) in [6.45, 7) is 1.95. The topological polar surface area (TPSA) is 55.1 Å². The van der Waals surface area contributed by atoms with Crippen LogP contribution in [0.15, 0.2) is 53.4 Å². The van der Waals surface area contributed by atoms with Gasteiger partial charge in [-0.25, -0.2) is 0 Å². The van der Waals surface area contributed by atoms with E-state index in [0.29, 0.717) is 11.3 Å². The Morgan fingerprint density at radius 1 is 1.20 bits per heavy atom. The van der Waals surface area contributed by atoms with Gasteiger partial charge in [-0.05, 0) is 55.1 Å². The Labute approximate surface area is 123 Å². The van der Waals surface area contributed by atoms with Crippen molar-refractivity contribution in [2.45, 2.75) is 17.9 Å². The van der Waals surface area contributed by atoms with Gasteiger partial charge < -0.3 is 11.1 Å². The Kier molecular flexibility index (Phi) is 4.69. The smallest absolute Gasteiger partial charge is 0.251 e. The van der Waals surface area contributed by atoms with Crippen LogP contribution in [0.2, 0.25) is 0 Å². The monoisotopic (exact) mass is 286 g/mol. The zero-order valence-electron chi connectivity index (χ0n) is 11.6. The summed E-state index contributed by atoms with van der Waals surface area (Å²) in [6.07, 6.45) is 2.01. The number of nitrogens with two attached hydrogens (primary N) is 1. The predicted molar refractivity (Wildman–Crippen MR) is 85.0 cm³/mol. The Balaban J connectivity index is 2.06. The Morgan fingerprint density at radius 2 is 1.90 bits per heavy atom. The molecule has 0 spiro atoms. The van der Waals surface area contributed by atoms with Crippen molar-refractivity contribution in [1.29, 1.82) is 0 Å². The molecule has 0 aromatic heterocycles. The van der Waals surface area contributed by atoms with Gasteiger partial charge in [0.05, 0.1) is 6.04 Å². The largest absolute Gasteiger partial charge is 0.399 e. The zero-order valence-corrected chi connectivity index (χ0v) is 12.4. The van der Waals surface area contributed by atoms with Gasteiger partial charge >= 0.3 is 0 Å². The number of hydrogen-bond donors (Lipinski definition) is 2. The van der Waals surface area contributed by atoms with E-state index in [1.807, 2.05) is 61.7 Å². The SMILES string of the molecule is CSc1ccc(C(=O)NC(C)c2cccc(N)c2)cc1. The summed E-state index contributed by atoms with van der Waals surface area (Å²) in [5, 5.41) is 2.98. The molecule has 3 nitrogen and oxygen atoms in total. The molecule has 0 aliphatic rings. The van der Waals surface area contributed by atoms with Crippen LogP contribution in [0.3, 0.4) is 0 Å². The normalized spacial score (nSPS) is 11.9. The maximum atomic E-state index is 12.2. The molecule has 104 valence electrons. The maximum Gasteiger partial charge on any atom is 0.251 e. The number of thioether (sulfide) groups is 1. The minimum Gasteiger partial charge on any atom is -0.399 e. The Bertz CT molecular complexity index is 596. The number of benzene rings is 2. The predicted octanol–water partition coefficient (Wildman–Crippen LogP) is 3.48. The van der Waals surface area contributed by atoms with Gasteiger partial charge in [0.1, 0.15) is 0 Å². The van der Waals surface area contributed by atoms with Crippen LogP contribution in [-0.2, 0) is 0 Å². The van der Waals surface area contributed by atoms with Gasteiger partial charge in [0.15, 0.2) is 0 Å². The van der Waals surface area contributed by atoms with E-state index in [1.54, 1.807) is 11.8 Å². The first-order valence-electron chi connectivity index (χ1n) is 6.40. The molecule has 1 unspecified atom stereocenters. The highest BCUT2D eigenvalue weighted by Gasteiger charge is 2.11. The average Bonchev–Trinajstić information content (AvgIpc) is 2.47. The van der Waals surface area contributed by atoms with Gasteiger partial charge in [-0.15, -0.1) is 11.8 Å². The molecule has 2 aromatic rings. The van der Waals surface area contributed by atoms with E-state index < -0.39 is 0 Å². The number of rotatable bonds is 4. The molecule has 0 heterocycles.